The van der Waals surface area contributed by atoms with E-state index in [1.807, 2.05) is 31.1 Å². The summed E-state index contributed by atoms with van der Waals surface area (Å²) in [6.07, 6.45) is 0. The van der Waals surface area contributed by atoms with Crippen LogP contribution >= 0.6 is 23.7 Å². The lowest BCUT2D eigenvalue weighted by atomic mass is 10.1. The number of aromatic nitrogens is 1. The number of anilines is 1. The Morgan fingerprint density at radius 3 is 2.59 bits per heavy atom. The first-order valence-electron chi connectivity index (χ1n) is 8.55. The van der Waals surface area contributed by atoms with Gasteiger partial charge < -0.3 is 9.64 Å². The average Bonchev–Trinajstić information content (AvgIpc) is 3.10. The van der Waals surface area contributed by atoms with Crippen molar-refractivity contribution >= 4 is 50.7 Å². The summed E-state index contributed by atoms with van der Waals surface area (Å²) in [7, 11) is 5.38. The second-order valence-corrected chi connectivity index (χ2v) is 7.37. The van der Waals surface area contributed by atoms with Crippen LogP contribution < -0.4 is 9.64 Å². The number of nitro benzene ring substituents is 1. The maximum Gasteiger partial charge on any atom is 0.282 e. The average molecular weight is 437 g/mol. The molecule has 1 aromatic heterocycles. The van der Waals surface area contributed by atoms with E-state index in [1.165, 1.54) is 28.4 Å². The summed E-state index contributed by atoms with van der Waals surface area (Å²) in [6, 6.07) is 11.5. The Kier molecular flexibility index (Phi) is 7.49. The zero-order valence-electron chi connectivity index (χ0n) is 16.2. The van der Waals surface area contributed by atoms with Crippen LogP contribution in [0.1, 0.15) is 10.4 Å². The lowest BCUT2D eigenvalue weighted by Crippen LogP contribution is -2.37. The van der Waals surface area contributed by atoms with Crippen LogP contribution in [0.25, 0.3) is 10.2 Å². The van der Waals surface area contributed by atoms with Crippen molar-refractivity contribution in [3.8, 4) is 5.75 Å². The second-order valence-electron chi connectivity index (χ2n) is 6.36. The third-order valence-corrected chi connectivity index (χ3v) is 5.22. The molecule has 10 heteroatoms. The molecular weight excluding hydrogens is 416 g/mol. The number of para-hydroxylation sites is 1. The van der Waals surface area contributed by atoms with Gasteiger partial charge in [-0.3, -0.25) is 19.8 Å². The topological polar surface area (TPSA) is 88.8 Å². The zero-order chi connectivity index (χ0) is 20.3. The van der Waals surface area contributed by atoms with E-state index in [4.69, 9.17) is 4.74 Å². The summed E-state index contributed by atoms with van der Waals surface area (Å²) in [5.74, 6) is 0.231. The first kappa shape index (κ1) is 22.5. The fraction of sp³-hybridized carbons (Fsp3) is 0.263. The number of ether oxygens (including phenoxy) is 1. The van der Waals surface area contributed by atoms with E-state index in [-0.39, 0.29) is 23.7 Å². The van der Waals surface area contributed by atoms with Gasteiger partial charge in [0.25, 0.3) is 11.6 Å². The number of rotatable bonds is 7. The minimum Gasteiger partial charge on any atom is -0.497 e. The molecule has 1 heterocycles. The van der Waals surface area contributed by atoms with Crippen LogP contribution in [0.15, 0.2) is 42.5 Å². The Balaban J connectivity index is 0.00000300. The van der Waals surface area contributed by atoms with E-state index in [9.17, 15) is 14.9 Å². The highest BCUT2D eigenvalue weighted by Crippen LogP contribution is 2.32. The Bertz CT molecular complexity index is 1020. The molecule has 0 N–H and O–H groups in total. The number of methoxy groups -OCH3 is 1. The van der Waals surface area contributed by atoms with Crippen molar-refractivity contribution in [3.63, 3.8) is 0 Å². The number of hydrogen-bond donors (Lipinski definition) is 0. The van der Waals surface area contributed by atoms with Gasteiger partial charge in [-0.15, -0.1) is 12.4 Å². The van der Waals surface area contributed by atoms with Gasteiger partial charge in [0.15, 0.2) is 5.13 Å². The van der Waals surface area contributed by atoms with Crippen molar-refractivity contribution in [3.05, 3.63) is 58.1 Å². The molecule has 29 heavy (non-hydrogen) atoms. The van der Waals surface area contributed by atoms with Crippen LogP contribution in [0.4, 0.5) is 10.8 Å². The molecule has 1 amide bonds. The molecule has 8 nitrogen and oxygen atoms in total. The molecule has 3 rings (SSSR count). The number of likely N-dealkylation sites (N-methyl/N-ethyl adjacent to an activating group) is 1. The molecule has 0 saturated heterocycles. The number of nitrogens with zero attached hydrogens (tertiary/aromatic N) is 4. The first-order valence-corrected chi connectivity index (χ1v) is 9.37. The standard InChI is InChI=1S/C19H20N4O4S.ClH/c1-21(2)10-11-22(18(24)14-6-4-5-7-16(14)23(25)26)19-20-15-12-13(27-3)8-9-17(15)28-19;/h4-9,12H,10-11H2,1-3H3;1H. The highest BCUT2D eigenvalue weighted by molar-refractivity contribution is 7.22. The first-order chi connectivity index (χ1) is 13.4. The van der Waals surface area contributed by atoms with Crippen LogP contribution in [0.5, 0.6) is 5.75 Å². The molecule has 0 aliphatic carbocycles. The van der Waals surface area contributed by atoms with E-state index < -0.39 is 10.8 Å². The van der Waals surface area contributed by atoms with Crippen molar-refractivity contribution in [2.24, 2.45) is 0 Å². The lowest BCUT2D eigenvalue weighted by molar-refractivity contribution is -0.385. The van der Waals surface area contributed by atoms with Gasteiger partial charge in [-0.25, -0.2) is 4.98 Å². The van der Waals surface area contributed by atoms with Gasteiger partial charge in [-0.2, -0.15) is 0 Å². The predicted molar refractivity (Wildman–Crippen MR) is 117 cm³/mol. The van der Waals surface area contributed by atoms with Gasteiger partial charge in [-0.1, -0.05) is 23.5 Å². The van der Waals surface area contributed by atoms with Crippen LogP contribution in [-0.2, 0) is 0 Å². The smallest absolute Gasteiger partial charge is 0.282 e. The van der Waals surface area contributed by atoms with Crippen molar-refractivity contribution in [2.75, 3.05) is 39.2 Å². The monoisotopic (exact) mass is 436 g/mol. The number of carbonyl (C=O) groups is 1. The summed E-state index contributed by atoms with van der Waals surface area (Å²) in [6.45, 7) is 0.945. The molecule has 0 aliphatic rings. The van der Waals surface area contributed by atoms with E-state index >= 15 is 0 Å². The van der Waals surface area contributed by atoms with Crippen molar-refractivity contribution in [1.29, 1.82) is 0 Å². The molecule has 0 fully saturated rings. The number of nitro groups is 1. The van der Waals surface area contributed by atoms with Crippen molar-refractivity contribution in [2.45, 2.75) is 0 Å². The normalized spacial score (nSPS) is 10.6. The summed E-state index contributed by atoms with van der Waals surface area (Å²) in [5, 5.41) is 11.9. The fourth-order valence-corrected chi connectivity index (χ4v) is 3.65. The van der Waals surface area contributed by atoms with Crippen LogP contribution in [0.2, 0.25) is 0 Å². The number of halogens is 1. The lowest BCUT2D eigenvalue weighted by Gasteiger charge is -2.21. The number of benzene rings is 2. The molecule has 0 spiro atoms. The van der Waals surface area contributed by atoms with Gasteiger partial charge in [0.2, 0.25) is 0 Å². The van der Waals surface area contributed by atoms with Gasteiger partial charge in [0.1, 0.15) is 11.3 Å². The molecule has 0 aliphatic heterocycles. The van der Waals surface area contributed by atoms with E-state index in [2.05, 4.69) is 4.98 Å². The SMILES string of the molecule is COc1ccc2sc(N(CCN(C)C)C(=O)c3ccccc3[N+](=O)[O-])nc2c1.Cl. The fourth-order valence-electron chi connectivity index (χ4n) is 2.68. The highest BCUT2D eigenvalue weighted by Gasteiger charge is 2.27. The molecule has 3 aromatic rings. The Morgan fingerprint density at radius 1 is 1.21 bits per heavy atom. The third-order valence-electron chi connectivity index (χ3n) is 4.16. The quantitative estimate of drug-likeness (QED) is 0.413. The van der Waals surface area contributed by atoms with Crippen molar-refractivity contribution in [1.82, 2.24) is 9.88 Å². The van der Waals surface area contributed by atoms with Crippen molar-refractivity contribution < 1.29 is 14.5 Å². The molecule has 2 aromatic carbocycles. The highest BCUT2D eigenvalue weighted by atomic mass is 35.5. The largest absolute Gasteiger partial charge is 0.497 e. The zero-order valence-corrected chi connectivity index (χ0v) is 17.8. The molecule has 0 bridgehead atoms. The summed E-state index contributed by atoms with van der Waals surface area (Å²) >= 11 is 1.36. The number of hydrogen-bond acceptors (Lipinski definition) is 7. The summed E-state index contributed by atoms with van der Waals surface area (Å²) < 4.78 is 6.14. The predicted octanol–water partition coefficient (Wildman–Crippen LogP) is 3.84. The van der Waals surface area contributed by atoms with Gasteiger partial charge in [0.05, 0.1) is 22.2 Å². The number of carbonyl (C=O) groups excluding carboxylic acids is 1. The Labute approximate surface area is 178 Å². The maximum atomic E-state index is 13.2. The van der Waals surface area contributed by atoms with E-state index in [0.29, 0.717) is 29.5 Å². The van der Waals surface area contributed by atoms with E-state index in [0.717, 1.165) is 4.70 Å². The minimum absolute atomic E-state index is 0. The molecule has 0 radical (unpaired) electrons. The van der Waals surface area contributed by atoms with Gasteiger partial charge >= 0.3 is 0 Å². The number of fused-ring (bicyclic) bond motifs is 1. The maximum absolute atomic E-state index is 13.2. The molecule has 0 atom stereocenters. The van der Waals surface area contributed by atoms with E-state index in [1.54, 1.807) is 25.3 Å². The van der Waals surface area contributed by atoms with Crippen LogP contribution in [0, 0.1) is 10.1 Å². The molecule has 0 unspecified atom stereocenters. The van der Waals surface area contributed by atoms with Gasteiger partial charge in [0, 0.05) is 25.2 Å². The number of thiazole rings is 1. The Morgan fingerprint density at radius 2 is 1.93 bits per heavy atom. The summed E-state index contributed by atoms with van der Waals surface area (Å²) in [5.41, 5.74) is 0.540. The molecule has 154 valence electrons. The second kappa shape index (κ2) is 9.64. The molecule has 0 saturated carbocycles. The van der Waals surface area contributed by atoms with Crippen LogP contribution in [0.3, 0.4) is 0 Å². The number of amides is 1. The summed E-state index contributed by atoms with van der Waals surface area (Å²) in [4.78, 5) is 32.1. The third kappa shape index (κ3) is 5.00. The van der Waals surface area contributed by atoms with Gasteiger partial charge in [-0.05, 0) is 32.3 Å². The Hall–Kier alpha value is -2.75. The minimum atomic E-state index is -0.541. The van der Waals surface area contributed by atoms with Crippen LogP contribution in [-0.4, -0.2) is 55.0 Å². The molecular formula is C19H21ClN4O4S.